The van der Waals surface area contributed by atoms with Crippen molar-refractivity contribution in [2.24, 2.45) is 0 Å². The number of nitrogens with one attached hydrogen (secondary N) is 2. The molecule has 28 heavy (non-hydrogen) atoms. The number of rotatable bonds is 7. The Bertz CT molecular complexity index is 922. The molecule has 4 rings (SSSR count). The predicted octanol–water partition coefficient (Wildman–Crippen LogP) is 2.94. The Balaban J connectivity index is 1.62. The lowest BCUT2D eigenvalue weighted by atomic mass is 9.94. The van der Waals surface area contributed by atoms with Crippen molar-refractivity contribution in [1.29, 1.82) is 0 Å². The van der Waals surface area contributed by atoms with Gasteiger partial charge in [0.1, 0.15) is 5.82 Å². The maximum Gasteiger partial charge on any atom is 0.261 e. The summed E-state index contributed by atoms with van der Waals surface area (Å²) in [5.74, 6) is 0.904. The minimum Gasteiger partial charge on any atom is -0.395 e. The normalized spacial score (nSPS) is 17.8. The molecule has 1 aliphatic rings. The van der Waals surface area contributed by atoms with Crippen LogP contribution < -0.4 is 5.32 Å². The molecule has 2 aromatic heterocycles. The Morgan fingerprint density at radius 1 is 1.36 bits per heavy atom. The first-order chi connectivity index (χ1) is 13.8. The number of imidazole rings is 1. The summed E-state index contributed by atoms with van der Waals surface area (Å²) >= 11 is 1.55. The average Bonchev–Trinajstić information content (AvgIpc) is 3.36. The van der Waals surface area contributed by atoms with Crippen molar-refractivity contribution in [3.8, 4) is 0 Å². The molecule has 148 valence electrons. The van der Waals surface area contributed by atoms with Crippen LogP contribution in [-0.4, -0.2) is 51.6 Å². The summed E-state index contributed by atoms with van der Waals surface area (Å²) in [6.07, 6.45) is 8.06. The van der Waals surface area contributed by atoms with Gasteiger partial charge in [-0.25, -0.2) is 4.98 Å². The summed E-state index contributed by atoms with van der Waals surface area (Å²) in [6, 6.07) is 8.63. The first-order valence-corrected chi connectivity index (χ1v) is 10.7. The zero-order valence-electron chi connectivity index (χ0n) is 15.9. The summed E-state index contributed by atoms with van der Waals surface area (Å²) < 4.78 is 1.14. The van der Waals surface area contributed by atoms with Crippen LogP contribution in [0.25, 0.3) is 10.1 Å². The van der Waals surface area contributed by atoms with Gasteiger partial charge in [0.25, 0.3) is 5.91 Å². The second-order valence-electron chi connectivity index (χ2n) is 7.25. The van der Waals surface area contributed by atoms with Gasteiger partial charge in [0.05, 0.1) is 18.0 Å². The van der Waals surface area contributed by atoms with Crippen LogP contribution in [0.1, 0.15) is 40.3 Å². The number of aromatic amines is 1. The Hall–Kier alpha value is -2.22. The van der Waals surface area contributed by atoms with E-state index >= 15 is 0 Å². The van der Waals surface area contributed by atoms with Crippen molar-refractivity contribution in [3.05, 3.63) is 52.9 Å². The highest BCUT2D eigenvalue weighted by atomic mass is 32.1. The van der Waals surface area contributed by atoms with Crippen LogP contribution in [0.3, 0.4) is 0 Å². The summed E-state index contributed by atoms with van der Waals surface area (Å²) in [6.45, 7) is 2.09. The van der Waals surface area contributed by atoms with Crippen molar-refractivity contribution < 1.29 is 9.90 Å². The summed E-state index contributed by atoms with van der Waals surface area (Å²) in [4.78, 5) is 23.6. The van der Waals surface area contributed by atoms with Gasteiger partial charge in [-0.2, -0.15) is 0 Å². The lowest BCUT2D eigenvalue weighted by Gasteiger charge is -2.35. The molecule has 3 N–H and O–H groups in total. The van der Waals surface area contributed by atoms with Gasteiger partial charge in [-0.3, -0.25) is 9.69 Å². The third-order valence-corrected chi connectivity index (χ3v) is 6.61. The topological polar surface area (TPSA) is 81.2 Å². The minimum absolute atomic E-state index is 0.0501. The molecule has 6 nitrogen and oxygen atoms in total. The molecule has 0 bridgehead atoms. The molecule has 1 aromatic carbocycles. The van der Waals surface area contributed by atoms with Crippen LogP contribution in [0, 0.1) is 0 Å². The van der Waals surface area contributed by atoms with Crippen LogP contribution in [0.2, 0.25) is 0 Å². The van der Waals surface area contributed by atoms with Gasteiger partial charge in [0, 0.05) is 29.7 Å². The molecule has 0 radical (unpaired) electrons. The molecule has 1 atom stereocenters. The predicted molar refractivity (Wildman–Crippen MR) is 112 cm³/mol. The molecule has 0 spiro atoms. The molecule has 1 aliphatic heterocycles. The third-order valence-electron chi connectivity index (χ3n) is 5.40. The monoisotopic (exact) mass is 398 g/mol. The molecule has 1 saturated heterocycles. The van der Waals surface area contributed by atoms with E-state index in [1.807, 2.05) is 18.3 Å². The molecule has 0 aliphatic carbocycles. The van der Waals surface area contributed by atoms with Crippen LogP contribution in [0.4, 0.5) is 0 Å². The number of thiophene rings is 1. The first kappa shape index (κ1) is 19.1. The zero-order chi connectivity index (χ0) is 19.3. The lowest BCUT2D eigenvalue weighted by molar-refractivity contribution is 0.0946. The number of aromatic nitrogens is 2. The number of fused-ring (bicyclic) bond motifs is 1. The van der Waals surface area contributed by atoms with E-state index in [-0.39, 0.29) is 19.1 Å². The fraction of sp³-hybridized carbons (Fsp3) is 0.429. The summed E-state index contributed by atoms with van der Waals surface area (Å²) in [5, 5.41) is 13.1. The van der Waals surface area contributed by atoms with E-state index in [1.54, 1.807) is 17.5 Å². The van der Waals surface area contributed by atoms with Gasteiger partial charge < -0.3 is 15.4 Å². The van der Waals surface area contributed by atoms with Crippen molar-refractivity contribution in [3.63, 3.8) is 0 Å². The maximum absolute atomic E-state index is 12.7. The summed E-state index contributed by atoms with van der Waals surface area (Å²) in [7, 11) is 0. The average molecular weight is 399 g/mol. The second-order valence-corrected chi connectivity index (χ2v) is 8.30. The Morgan fingerprint density at radius 2 is 2.25 bits per heavy atom. The van der Waals surface area contributed by atoms with Gasteiger partial charge >= 0.3 is 0 Å². The number of hydrogen-bond acceptors (Lipinski definition) is 5. The van der Waals surface area contributed by atoms with Crippen LogP contribution >= 0.6 is 11.3 Å². The summed E-state index contributed by atoms with van der Waals surface area (Å²) in [5.41, 5.74) is 1.13. The number of aliphatic hydroxyl groups excluding tert-OH is 1. The van der Waals surface area contributed by atoms with Crippen molar-refractivity contribution >= 4 is 27.3 Å². The quantitative estimate of drug-likeness (QED) is 0.572. The number of H-pyrrole nitrogens is 1. The fourth-order valence-electron chi connectivity index (χ4n) is 4.05. The van der Waals surface area contributed by atoms with Crippen LogP contribution in [0.5, 0.6) is 0 Å². The van der Waals surface area contributed by atoms with Crippen LogP contribution in [0.15, 0.2) is 36.7 Å². The van der Waals surface area contributed by atoms with E-state index in [2.05, 4.69) is 32.3 Å². The maximum atomic E-state index is 12.7. The van der Waals surface area contributed by atoms with Gasteiger partial charge in [-0.1, -0.05) is 24.6 Å². The van der Waals surface area contributed by atoms with Crippen molar-refractivity contribution in [2.45, 2.75) is 38.3 Å². The molecule has 1 fully saturated rings. The van der Waals surface area contributed by atoms with Crippen LogP contribution in [-0.2, 0) is 13.0 Å². The molecule has 0 saturated carbocycles. The highest BCUT2D eigenvalue weighted by Gasteiger charge is 2.27. The van der Waals surface area contributed by atoms with Gasteiger partial charge in [0.15, 0.2) is 0 Å². The van der Waals surface area contributed by atoms with E-state index in [4.69, 9.17) is 5.11 Å². The molecular weight excluding hydrogens is 372 g/mol. The van der Waals surface area contributed by atoms with Gasteiger partial charge in [-0.15, -0.1) is 11.3 Å². The number of piperidine rings is 1. The standard InChI is InChI=1S/C21H26N4O2S/c26-12-10-24-21(27)20-17(16-6-1-2-7-18(16)28-20)13-15-5-3-4-11-25(15)14-19-22-8-9-23-19/h1-2,6-9,15,26H,3-5,10-14H2,(H,22,23)(H,24,27). The lowest BCUT2D eigenvalue weighted by Crippen LogP contribution is -2.40. The minimum atomic E-state index is -0.0846. The third kappa shape index (κ3) is 4.11. The number of benzene rings is 1. The second kappa shape index (κ2) is 8.86. The van der Waals surface area contributed by atoms with E-state index in [9.17, 15) is 4.79 Å². The molecule has 1 unspecified atom stereocenters. The zero-order valence-corrected chi connectivity index (χ0v) is 16.7. The van der Waals surface area contributed by atoms with Gasteiger partial charge in [-0.05, 0) is 42.8 Å². The number of carbonyl (C=O) groups is 1. The largest absolute Gasteiger partial charge is 0.395 e. The molecular formula is C21H26N4O2S. The highest BCUT2D eigenvalue weighted by Crippen LogP contribution is 2.34. The number of amides is 1. The Labute approximate surface area is 168 Å². The van der Waals surface area contributed by atoms with E-state index in [0.29, 0.717) is 6.04 Å². The Kier molecular flexibility index (Phi) is 6.04. The fourth-order valence-corrected chi connectivity index (χ4v) is 5.20. The molecule has 7 heteroatoms. The molecule has 1 amide bonds. The van der Waals surface area contributed by atoms with E-state index in [1.165, 1.54) is 18.2 Å². The smallest absolute Gasteiger partial charge is 0.261 e. The number of carbonyl (C=O) groups excluding carboxylic acids is 1. The van der Waals surface area contributed by atoms with Gasteiger partial charge in [0.2, 0.25) is 0 Å². The number of aliphatic hydroxyl groups is 1. The molecule has 3 heterocycles. The number of hydrogen-bond donors (Lipinski definition) is 3. The number of likely N-dealkylation sites (tertiary alicyclic amines) is 1. The van der Waals surface area contributed by atoms with Crippen molar-refractivity contribution in [2.75, 3.05) is 19.7 Å². The SMILES string of the molecule is O=C(NCCO)c1sc2ccccc2c1CC1CCCCN1Cc1ncc[nH]1. The van der Waals surface area contributed by atoms with Crippen molar-refractivity contribution in [1.82, 2.24) is 20.2 Å². The highest BCUT2D eigenvalue weighted by molar-refractivity contribution is 7.21. The van der Waals surface area contributed by atoms with E-state index in [0.717, 1.165) is 46.9 Å². The van der Waals surface area contributed by atoms with E-state index < -0.39 is 0 Å². The molecule has 3 aromatic rings. The first-order valence-electron chi connectivity index (χ1n) is 9.88. The number of nitrogens with zero attached hydrogens (tertiary/aromatic N) is 2. The Morgan fingerprint density at radius 3 is 3.07 bits per heavy atom.